The van der Waals surface area contributed by atoms with Crippen LogP contribution in [0.4, 0.5) is 0 Å². The van der Waals surface area contributed by atoms with E-state index >= 15 is 0 Å². The van der Waals surface area contributed by atoms with Gasteiger partial charge in [0, 0.05) is 19.5 Å². The number of aromatic nitrogens is 3. The summed E-state index contributed by atoms with van der Waals surface area (Å²) < 4.78 is 1.87. The molecule has 0 saturated heterocycles. The average molecular weight is 166 g/mol. The first-order valence-electron chi connectivity index (χ1n) is 4.41. The SMILES string of the molecule is Cn1nnc2c1C(CN)CCC2. The van der Waals surface area contributed by atoms with Gasteiger partial charge in [-0.3, -0.25) is 4.68 Å². The van der Waals surface area contributed by atoms with Crippen molar-refractivity contribution < 1.29 is 0 Å². The van der Waals surface area contributed by atoms with Crippen molar-refractivity contribution in [1.29, 1.82) is 0 Å². The van der Waals surface area contributed by atoms with Gasteiger partial charge in [0.05, 0.1) is 11.4 Å². The molecule has 2 rings (SSSR count). The van der Waals surface area contributed by atoms with Crippen LogP contribution in [-0.2, 0) is 13.5 Å². The largest absolute Gasteiger partial charge is 0.330 e. The molecular weight excluding hydrogens is 152 g/mol. The minimum atomic E-state index is 0.480. The highest BCUT2D eigenvalue weighted by molar-refractivity contribution is 5.19. The molecule has 1 aliphatic carbocycles. The van der Waals surface area contributed by atoms with Crippen LogP contribution in [0.1, 0.15) is 30.1 Å². The second-order valence-electron chi connectivity index (χ2n) is 3.37. The standard InChI is InChI=1S/C8H14N4/c1-12-8-6(5-9)3-2-4-7(8)10-11-12/h6H,2-5,9H2,1H3. The van der Waals surface area contributed by atoms with E-state index in [4.69, 9.17) is 5.73 Å². The van der Waals surface area contributed by atoms with Crippen LogP contribution in [0.2, 0.25) is 0 Å². The number of rotatable bonds is 1. The molecule has 1 unspecified atom stereocenters. The second kappa shape index (κ2) is 2.86. The Balaban J connectivity index is 2.41. The lowest BCUT2D eigenvalue weighted by Gasteiger charge is -2.20. The molecule has 0 fully saturated rings. The molecule has 12 heavy (non-hydrogen) atoms. The molecule has 1 heterocycles. The molecule has 1 aromatic rings. The summed E-state index contributed by atoms with van der Waals surface area (Å²) in [7, 11) is 1.94. The van der Waals surface area contributed by atoms with E-state index in [9.17, 15) is 0 Å². The summed E-state index contributed by atoms with van der Waals surface area (Å²) in [6, 6.07) is 0. The Hall–Kier alpha value is -0.900. The lowest BCUT2D eigenvalue weighted by Crippen LogP contribution is -2.20. The van der Waals surface area contributed by atoms with E-state index in [1.165, 1.54) is 18.5 Å². The van der Waals surface area contributed by atoms with Gasteiger partial charge >= 0.3 is 0 Å². The third-order valence-corrected chi connectivity index (χ3v) is 2.58. The highest BCUT2D eigenvalue weighted by Crippen LogP contribution is 2.28. The summed E-state index contributed by atoms with van der Waals surface area (Å²) in [5, 5.41) is 8.12. The summed E-state index contributed by atoms with van der Waals surface area (Å²) in [5.74, 6) is 0.480. The van der Waals surface area contributed by atoms with Gasteiger partial charge in [0.25, 0.3) is 0 Å². The van der Waals surface area contributed by atoms with Crippen molar-refractivity contribution in [1.82, 2.24) is 15.0 Å². The molecule has 0 bridgehead atoms. The highest BCUT2D eigenvalue weighted by Gasteiger charge is 2.23. The van der Waals surface area contributed by atoms with Crippen molar-refractivity contribution in [2.24, 2.45) is 12.8 Å². The van der Waals surface area contributed by atoms with E-state index in [2.05, 4.69) is 10.3 Å². The first-order valence-corrected chi connectivity index (χ1v) is 4.41. The van der Waals surface area contributed by atoms with Gasteiger partial charge in [-0.2, -0.15) is 0 Å². The predicted octanol–water partition coefficient (Wildman–Crippen LogP) is 0.194. The van der Waals surface area contributed by atoms with Crippen LogP contribution in [0, 0.1) is 0 Å². The molecule has 4 nitrogen and oxygen atoms in total. The lowest BCUT2D eigenvalue weighted by atomic mass is 9.90. The van der Waals surface area contributed by atoms with Crippen LogP contribution < -0.4 is 5.73 Å². The van der Waals surface area contributed by atoms with E-state index in [0.717, 1.165) is 12.1 Å². The maximum atomic E-state index is 5.68. The van der Waals surface area contributed by atoms with Gasteiger partial charge < -0.3 is 5.73 Å². The molecule has 66 valence electrons. The van der Waals surface area contributed by atoms with Gasteiger partial charge in [0.15, 0.2) is 0 Å². The summed E-state index contributed by atoms with van der Waals surface area (Å²) >= 11 is 0. The molecule has 0 aliphatic heterocycles. The van der Waals surface area contributed by atoms with Crippen LogP contribution >= 0.6 is 0 Å². The van der Waals surface area contributed by atoms with E-state index < -0.39 is 0 Å². The number of fused-ring (bicyclic) bond motifs is 1. The van der Waals surface area contributed by atoms with E-state index in [1.807, 2.05) is 11.7 Å². The molecule has 2 N–H and O–H groups in total. The molecule has 1 aliphatic rings. The number of nitrogens with two attached hydrogens (primary N) is 1. The molecule has 0 radical (unpaired) electrons. The van der Waals surface area contributed by atoms with Crippen LogP contribution in [0.5, 0.6) is 0 Å². The maximum Gasteiger partial charge on any atom is 0.0862 e. The van der Waals surface area contributed by atoms with Crippen LogP contribution in [-0.4, -0.2) is 21.5 Å². The molecule has 0 saturated carbocycles. The molecule has 0 spiro atoms. The van der Waals surface area contributed by atoms with Crippen molar-refractivity contribution in [3.8, 4) is 0 Å². The Labute approximate surface area is 71.8 Å². The fourth-order valence-electron chi connectivity index (χ4n) is 1.97. The summed E-state index contributed by atoms with van der Waals surface area (Å²) in [6.07, 6.45) is 3.46. The first-order chi connectivity index (χ1) is 5.83. The Morgan fingerprint density at radius 3 is 3.25 bits per heavy atom. The minimum absolute atomic E-state index is 0.480. The van der Waals surface area contributed by atoms with Gasteiger partial charge in [-0.15, -0.1) is 5.10 Å². The maximum absolute atomic E-state index is 5.68. The zero-order valence-corrected chi connectivity index (χ0v) is 7.32. The molecule has 1 atom stereocenters. The average Bonchev–Trinajstić information content (AvgIpc) is 2.48. The Bertz CT molecular complexity index is 279. The molecule has 4 heteroatoms. The number of aryl methyl sites for hydroxylation is 2. The van der Waals surface area contributed by atoms with Gasteiger partial charge in [-0.05, 0) is 19.3 Å². The lowest BCUT2D eigenvalue weighted by molar-refractivity contribution is 0.520. The Morgan fingerprint density at radius 2 is 2.50 bits per heavy atom. The van der Waals surface area contributed by atoms with Crippen molar-refractivity contribution >= 4 is 0 Å². The van der Waals surface area contributed by atoms with Gasteiger partial charge in [-0.1, -0.05) is 5.21 Å². The van der Waals surface area contributed by atoms with Crippen LogP contribution in [0.25, 0.3) is 0 Å². The quantitative estimate of drug-likeness (QED) is 0.648. The predicted molar refractivity (Wildman–Crippen MR) is 45.7 cm³/mol. The van der Waals surface area contributed by atoms with E-state index in [0.29, 0.717) is 12.5 Å². The van der Waals surface area contributed by atoms with E-state index in [-0.39, 0.29) is 0 Å². The van der Waals surface area contributed by atoms with Crippen molar-refractivity contribution in [3.05, 3.63) is 11.4 Å². The topological polar surface area (TPSA) is 56.7 Å². The van der Waals surface area contributed by atoms with Crippen LogP contribution in [0.3, 0.4) is 0 Å². The number of nitrogens with zero attached hydrogens (tertiary/aromatic N) is 3. The molecule has 0 aromatic carbocycles. The van der Waals surface area contributed by atoms with Gasteiger partial charge in [0.1, 0.15) is 0 Å². The van der Waals surface area contributed by atoms with Crippen LogP contribution in [0.15, 0.2) is 0 Å². The first kappa shape index (κ1) is 7.73. The normalized spacial score (nSPS) is 22.3. The Morgan fingerprint density at radius 1 is 1.67 bits per heavy atom. The molecule has 0 amide bonds. The minimum Gasteiger partial charge on any atom is -0.330 e. The zero-order valence-electron chi connectivity index (χ0n) is 7.32. The summed E-state index contributed by atoms with van der Waals surface area (Å²) in [5.41, 5.74) is 8.08. The smallest absolute Gasteiger partial charge is 0.0862 e. The number of hydrogen-bond acceptors (Lipinski definition) is 3. The summed E-state index contributed by atoms with van der Waals surface area (Å²) in [4.78, 5) is 0. The highest BCUT2D eigenvalue weighted by atomic mass is 15.4. The van der Waals surface area contributed by atoms with Crippen molar-refractivity contribution in [2.45, 2.75) is 25.2 Å². The van der Waals surface area contributed by atoms with Crippen molar-refractivity contribution in [3.63, 3.8) is 0 Å². The second-order valence-corrected chi connectivity index (χ2v) is 3.37. The summed E-state index contributed by atoms with van der Waals surface area (Å²) in [6.45, 7) is 0.716. The van der Waals surface area contributed by atoms with E-state index in [1.54, 1.807) is 0 Å². The fourth-order valence-corrected chi connectivity index (χ4v) is 1.97. The van der Waals surface area contributed by atoms with Gasteiger partial charge in [-0.25, -0.2) is 0 Å². The Kier molecular flexibility index (Phi) is 1.84. The zero-order chi connectivity index (χ0) is 8.55. The number of hydrogen-bond donors (Lipinski definition) is 1. The third kappa shape index (κ3) is 1.03. The molecular formula is C8H14N4. The fraction of sp³-hybridized carbons (Fsp3) is 0.750. The molecule has 1 aromatic heterocycles. The van der Waals surface area contributed by atoms with Gasteiger partial charge in [0.2, 0.25) is 0 Å². The van der Waals surface area contributed by atoms with Crippen molar-refractivity contribution in [2.75, 3.05) is 6.54 Å². The third-order valence-electron chi connectivity index (χ3n) is 2.58. The monoisotopic (exact) mass is 166 g/mol.